The molecule has 0 aliphatic carbocycles. The summed E-state index contributed by atoms with van der Waals surface area (Å²) in [6, 6.07) is 15.4. The van der Waals surface area contributed by atoms with E-state index >= 15 is 0 Å². The number of phenols is 1. The summed E-state index contributed by atoms with van der Waals surface area (Å²) in [7, 11) is 2.95. The van der Waals surface area contributed by atoms with Gasteiger partial charge in [-0.3, -0.25) is 4.68 Å². The Morgan fingerprint density at radius 3 is 2.35 bits per heavy atom. The zero-order chi connectivity index (χ0) is 24.5. The van der Waals surface area contributed by atoms with Crippen LogP contribution in [0.3, 0.4) is 0 Å². The molecule has 0 bridgehead atoms. The molecule has 0 radical (unpaired) electrons. The highest BCUT2D eigenvalue weighted by Crippen LogP contribution is 2.41. The van der Waals surface area contributed by atoms with Crippen LogP contribution in [0.25, 0.3) is 22.4 Å². The fourth-order valence-electron chi connectivity index (χ4n) is 3.48. The highest BCUT2D eigenvalue weighted by Gasteiger charge is 2.32. The average molecular weight is 489 g/mol. The van der Waals surface area contributed by atoms with Gasteiger partial charge in [0, 0.05) is 35.5 Å². The van der Waals surface area contributed by atoms with E-state index in [1.165, 1.54) is 23.9 Å². The molecule has 5 nitrogen and oxygen atoms in total. The van der Waals surface area contributed by atoms with E-state index in [9.17, 15) is 18.3 Å². The van der Waals surface area contributed by atoms with Crippen molar-refractivity contribution in [3.63, 3.8) is 0 Å². The number of halogens is 4. The molecule has 3 aromatic carbocycles. The van der Waals surface area contributed by atoms with Crippen molar-refractivity contribution in [1.29, 1.82) is 0 Å². The van der Waals surface area contributed by atoms with Crippen molar-refractivity contribution in [3.05, 3.63) is 83.0 Å². The van der Waals surface area contributed by atoms with Gasteiger partial charge in [-0.15, -0.1) is 0 Å². The van der Waals surface area contributed by atoms with Gasteiger partial charge in [0.15, 0.2) is 0 Å². The number of alkyl halides is 3. The van der Waals surface area contributed by atoms with Crippen LogP contribution in [0.4, 0.5) is 13.2 Å². The lowest BCUT2D eigenvalue weighted by Crippen LogP contribution is -2.05. The highest BCUT2D eigenvalue weighted by molar-refractivity contribution is 6.30. The van der Waals surface area contributed by atoms with Crippen LogP contribution >= 0.6 is 11.6 Å². The lowest BCUT2D eigenvalue weighted by molar-refractivity contribution is -0.137. The monoisotopic (exact) mass is 488 g/mol. The van der Waals surface area contributed by atoms with Crippen molar-refractivity contribution in [1.82, 2.24) is 9.78 Å². The van der Waals surface area contributed by atoms with Crippen LogP contribution in [0, 0.1) is 0 Å². The molecule has 1 heterocycles. The van der Waals surface area contributed by atoms with Crippen LogP contribution in [0.15, 0.2) is 66.9 Å². The Bertz CT molecular complexity index is 1320. The first kappa shape index (κ1) is 23.5. The summed E-state index contributed by atoms with van der Waals surface area (Å²) < 4.78 is 52.5. The molecule has 0 spiro atoms. The van der Waals surface area contributed by atoms with Crippen molar-refractivity contribution in [2.24, 2.45) is 7.05 Å². The van der Waals surface area contributed by atoms with Crippen molar-refractivity contribution >= 4 is 11.6 Å². The van der Waals surface area contributed by atoms with Gasteiger partial charge in [0.25, 0.3) is 0 Å². The van der Waals surface area contributed by atoms with Crippen LogP contribution in [0.5, 0.6) is 17.2 Å². The first-order chi connectivity index (χ1) is 16.1. The Labute approximate surface area is 198 Å². The molecule has 1 aromatic heterocycles. The van der Waals surface area contributed by atoms with E-state index in [4.69, 9.17) is 21.1 Å². The van der Waals surface area contributed by atoms with Gasteiger partial charge < -0.3 is 14.6 Å². The van der Waals surface area contributed by atoms with E-state index < -0.39 is 11.7 Å². The molecule has 0 aliphatic rings. The smallest absolute Gasteiger partial charge is 0.416 e. The molecule has 34 heavy (non-hydrogen) atoms. The largest absolute Gasteiger partial charge is 0.507 e. The molecule has 0 unspecified atom stereocenters. The van der Waals surface area contributed by atoms with Crippen LogP contribution < -0.4 is 9.47 Å². The molecule has 0 atom stereocenters. The summed E-state index contributed by atoms with van der Waals surface area (Å²) >= 11 is 5.89. The van der Waals surface area contributed by atoms with Crippen LogP contribution in [0.1, 0.15) is 11.1 Å². The van der Waals surface area contributed by atoms with Gasteiger partial charge in [-0.05, 0) is 53.6 Å². The van der Waals surface area contributed by atoms with Crippen molar-refractivity contribution in [2.75, 3.05) is 7.11 Å². The van der Waals surface area contributed by atoms with Crippen LogP contribution in [-0.4, -0.2) is 22.0 Å². The number of aromatic hydroxyl groups is 1. The van der Waals surface area contributed by atoms with Gasteiger partial charge in [-0.2, -0.15) is 18.3 Å². The predicted molar refractivity (Wildman–Crippen MR) is 123 cm³/mol. The standard InChI is InChI=1S/C25H20ClF3N2O3/c1-31-13-22(16-9-17(25(27,28)29)11-20(10-16)33-2)24(30-31)21-8-7-19(12-23(21)32)34-14-15-3-5-18(26)6-4-15/h3-13,32H,14H2,1-2H3. The SMILES string of the molecule is COc1cc(-c2cn(C)nc2-c2ccc(OCc3ccc(Cl)cc3)cc2O)cc(C(F)(F)F)c1. The van der Waals surface area contributed by atoms with Gasteiger partial charge in [0.05, 0.1) is 12.7 Å². The molecule has 0 saturated heterocycles. The van der Waals surface area contributed by atoms with E-state index in [1.807, 2.05) is 12.1 Å². The Hall–Kier alpha value is -3.65. The summed E-state index contributed by atoms with van der Waals surface area (Å²) in [4.78, 5) is 0. The van der Waals surface area contributed by atoms with Gasteiger partial charge in [-0.1, -0.05) is 23.7 Å². The number of nitrogens with zero attached hydrogens (tertiary/aromatic N) is 2. The Morgan fingerprint density at radius 1 is 0.971 bits per heavy atom. The first-order valence-corrected chi connectivity index (χ1v) is 10.5. The summed E-state index contributed by atoms with van der Waals surface area (Å²) in [5, 5.41) is 15.7. The minimum Gasteiger partial charge on any atom is -0.507 e. The summed E-state index contributed by atoms with van der Waals surface area (Å²) in [5.41, 5.74) is 1.41. The van der Waals surface area contributed by atoms with Gasteiger partial charge in [0.2, 0.25) is 0 Å². The summed E-state index contributed by atoms with van der Waals surface area (Å²) in [6.45, 7) is 0.273. The molecule has 0 fully saturated rings. The number of hydrogen-bond acceptors (Lipinski definition) is 4. The molecule has 0 saturated carbocycles. The second-order valence-corrected chi connectivity index (χ2v) is 8.04. The zero-order valence-corrected chi connectivity index (χ0v) is 19.0. The molecular weight excluding hydrogens is 469 g/mol. The van der Waals surface area contributed by atoms with Crippen molar-refractivity contribution < 1.29 is 27.8 Å². The highest BCUT2D eigenvalue weighted by atomic mass is 35.5. The number of rotatable bonds is 6. The molecular formula is C25H20ClF3N2O3. The lowest BCUT2D eigenvalue weighted by atomic mass is 9.99. The van der Waals surface area contributed by atoms with Gasteiger partial charge in [0.1, 0.15) is 29.5 Å². The Morgan fingerprint density at radius 2 is 1.71 bits per heavy atom. The normalized spacial score (nSPS) is 11.5. The van der Waals surface area contributed by atoms with Crippen molar-refractivity contribution in [3.8, 4) is 39.6 Å². The minimum absolute atomic E-state index is 0.0646. The maximum absolute atomic E-state index is 13.4. The quantitative estimate of drug-likeness (QED) is 0.327. The van der Waals surface area contributed by atoms with Crippen molar-refractivity contribution in [2.45, 2.75) is 12.8 Å². The Balaban J connectivity index is 1.67. The number of aromatic nitrogens is 2. The third-order valence-electron chi connectivity index (χ3n) is 5.15. The number of phenolic OH excluding ortho intramolecular Hbond substituents is 1. The predicted octanol–water partition coefficient (Wildman–Crippen LogP) is 6.72. The third-order valence-corrected chi connectivity index (χ3v) is 5.40. The summed E-state index contributed by atoms with van der Waals surface area (Å²) in [5.74, 6) is 0.372. The lowest BCUT2D eigenvalue weighted by Gasteiger charge is -2.13. The maximum Gasteiger partial charge on any atom is 0.416 e. The number of hydrogen-bond donors (Lipinski definition) is 1. The zero-order valence-electron chi connectivity index (χ0n) is 18.2. The fourth-order valence-corrected chi connectivity index (χ4v) is 3.61. The number of aryl methyl sites for hydroxylation is 1. The number of ether oxygens (including phenoxy) is 2. The number of methoxy groups -OCH3 is 1. The summed E-state index contributed by atoms with van der Waals surface area (Å²) in [6.07, 6.45) is -2.95. The van der Waals surface area contributed by atoms with Gasteiger partial charge in [-0.25, -0.2) is 0 Å². The number of benzene rings is 3. The van der Waals surface area contributed by atoms with Gasteiger partial charge >= 0.3 is 6.18 Å². The van der Waals surface area contributed by atoms with E-state index in [0.717, 1.165) is 17.7 Å². The molecule has 0 aliphatic heterocycles. The average Bonchev–Trinajstić information content (AvgIpc) is 3.19. The van der Waals surface area contributed by atoms with E-state index in [-0.39, 0.29) is 23.7 Å². The molecule has 9 heteroatoms. The minimum atomic E-state index is -4.54. The Kier molecular flexibility index (Phi) is 6.43. The third kappa shape index (κ3) is 5.12. The molecule has 1 N–H and O–H groups in total. The fraction of sp³-hybridized carbons (Fsp3) is 0.160. The molecule has 4 aromatic rings. The van der Waals surface area contributed by atoms with E-state index in [2.05, 4.69) is 5.10 Å². The topological polar surface area (TPSA) is 56.5 Å². The first-order valence-electron chi connectivity index (χ1n) is 10.1. The van der Waals surface area contributed by atoms with Crippen LogP contribution in [-0.2, 0) is 19.8 Å². The van der Waals surface area contributed by atoms with E-state index in [1.54, 1.807) is 37.5 Å². The molecule has 0 amide bonds. The van der Waals surface area contributed by atoms with E-state index in [0.29, 0.717) is 27.6 Å². The van der Waals surface area contributed by atoms with Crippen LogP contribution in [0.2, 0.25) is 5.02 Å². The molecule has 4 rings (SSSR count). The molecule has 176 valence electrons. The second-order valence-electron chi connectivity index (χ2n) is 7.61. The second kappa shape index (κ2) is 9.30. The maximum atomic E-state index is 13.4.